The second kappa shape index (κ2) is 5.48. The molecule has 0 aliphatic heterocycles. The maximum absolute atomic E-state index is 5.55. The van der Waals surface area contributed by atoms with Crippen LogP contribution in [0.4, 0.5) is 0 Å². The molecule has 0 atom stereocenters. The van der Waals surface area contributed by atoms with Crippen molar-refractivity contribution in [2.24, 2.45) is 0 Å². The highest BCUT2D eigenvalue weighted by atomic mass is 16.5. The van der Waals surface area contributed by atoms with E-state index in [9.17, 15) is 0 Å². The van der Waals surface area contributed by atoms with Crippen molar-refractivity contribution < 1.29 is 4.74 Å². The summed E-state index contributed by atoms with van der Waals surface area (Å²) in [5.41, 5.74) is 3.85. The van der Waals surface area contributed by atoms with Gasteiger partial charge in [-0.1, -0.05) is 63.2 Å². The zero-order valence-electron chi connectivity index (χ0n) is 12.2. The molecule has 1 heteroatoms. The summed E-state index contributed by atoms with van der Waals surface area (Å²) < 4.78 is 5.55. The summed E-state index contributed by atoms with van der Waals surface area (Å²) in [7, 11) is 1.74. The topological polar surface area (TPSA) is 9.23 Å². The number of rotatable bonds is 4. The first-order valence-corrected chi connectivity index (χ1v) is 6.82. The van der Waals surface area contributed by atoms with Gasteiger partial charge in [-0.2, -0.15) is 0 Å². The summed E-state index contributed by atoms with van der Waals surface area (Å²) in [4.78, 5) is 0. The normalized spacial score (nSPS) is 11.4. The van der Waals surface area contributed by atoms with Crippen molar-refractivity contribution in [3.63, 3.8) is 0 Å². The van der Waals surface area contributed by atoms with E-state index in [-0.39, 0.29) is 5.41 Å². The van der Waals surface area contributed by atoms with Crippen molar-refractivity contribution in [1.82, 2.24) is 0 Å². The third-order valence-corrected chi connectivity index (χ3v) is 3.84. The zero-order valence-corrected chi connectivity index (χ0v) is 12.2. The van der Waals surface area contributed by atoms with Gasteiger partial charge >= 0.3 is 0 Å². The summed E-state index contributed by atoms with van der Waals surface area (Å²) in [6, 6.07) is 17.1. The van der Waals surface area contributed by atoms with Crippen molar-refractivity contribution in [3.8, 4) is 5.75 Å². The van der Waals surface area contributed by atoms with E-state index in [4.69, 9.17) is 4.74 Å². The van der Waals surface area contributed by atoms with E-state index in [1.807, 2.05) is 0 Å². The van der Waals surface area contributed by atoms with Crippen LogP contribution in [0.5, 0.6) is 5.75 Å². The minimum atomic E-state index is -0.0578. The molecule has 0 saturated carbocycles. The van der Waals surface area contributed by atoms with Crippen LogP contribution in [0.3, 0.4) is 0 Å². The van der Waals surface area contributed by atoms with Crippen molar-refractivity contribution in [2.45, 2.75) is 32.6 Å². The van der Waals surface area contributed by atoms with Crippen molar-refractivity contribution in [3.05, 3.63) is 65.2 Å². The number of methoxy groups -OCH3 is 1. The molecule has 0 radical (unpaired) electrons. The van der Waals surface area contributed by atoms with Gasteiger partial charge in [-0.15, -0.1) is 0 Å². The highest BCUT2D eigenvalue weighted by molar-refractivity contribution is 5.47. The van der Waals surface area contributed by atoms with Crippen molar-refractivity contribution >= 4 is 0 Å². The minimum Gasteiger partial charge on any atom is -0.496 e. The highest BCUT2D eigenvalue weighted by Crippen LogP contribution is 2.37. The quantitative estimate of drug-likeness (QED) is 0.775. The fourth-order valence-electron chi connectivity index (χ4n) is 2.47. The SMILES string of the molecule is CCc1ccc(OC)c(C(C)(C)c2ccccc2)c1. The van der Waals surface area contributed by atoms with Gasteiger partial charge in [0.2, 0.25) is 0 Å². The Morgan fingerprint density at radius 2 is 1.68 bits per heavy atom. The van der Waals surface area contributed by atoms with Crippen molar-refractivity contribution in [2.75, 3.05) is 7.11 Å². The summed E-state index contributed by atoms with van der Waals surface area (Å²) in [5, 5.41) is 0. The van der Waals surface area contributed by atoms with E-state index in [2.05, 4.69) is 69.3 Å². The third-order valence-electron chi connectivity index (χ3n) is 3.84. The Bertz CT molecular complexity index is 541. The molecular formula is C18H22O. The minimum absolute atomic E-state index is 0.0578. The fraction of sp³-hybridized carbons (Fsp3) is 0.333. The fourth-order valence-corrected chi connectivity index (χ4v) is 2.47. The standard InChI is InChI=1S/C18H22O/c1-5-14-11-12-17(19-4)16(13-14)18(2,3)15-9-7-6-8-10-15/h6-13H,5H2,1-4H3. The molecule has 0 N–H and O–H groups in total. The van der Waals surface area contributed by atoms with E-state index in [0.717, 1.165) is 12.2 Å². The number of hydrogen-bond donors (Lipinski definition) is 0. The van der Waals surface area contributed by atoms with Crippen LogP contribution in [0.1, 0.15) is 37.5 Å². The molecule has 2 aromatic rings. The lowest BCUT2D eigenvalue weighted by molar-refractivity contribution is 0.400. The first kappa shape index (κ1) is 13.7. The molecule has 0 amide bonds. The average molecular weight is 254 g/mol. The van der Waals surface area contributed by atoms with E-state index in [0.29, 0.717) is 0 Å². The molecule has 1 nitrogen and oxygen atoms in total. The van der Waals surface area contributed by atoms with Crippen LogP contribution in [0.2, 0.25) is 0 Å². The number of ether oxygens (including phenoxy) is 1. The Labute approximate surface area is 116 Å². The number of benzene rings is 2. The average Bonchev–Trinajstić information content (AvgIpc) is 2.47. The Kier molecular flexibility index (Phi) is 3.94. The second-order valence-electron chi connectivity index (χ2n) is 5.38. The third kappa shape index (κ3) is 2.65. The van der Waals surface area contributed by atoms with Crippen LogP contribution in [-0.4, -0.2) is 7.11 Å². The number of aryl methyl sites for hydroxylation is 1. The van der Waals surface area contributed by atoms with E-state index in [1.54, 1.807) is 7.11 Å². The van der Waals surface area contributed by atoms with Gasteiger partial charge in [0.25, 0.3) is 0 Å². The van der Waals surface area contributed by atoms with Gasteiger partial charge in [-0.3, -0.25) is 0 Å². The smallest absolute Gasteiger partial charge is 0.122 e. The Hall–Kier alpha value is -1.76. The van der Waals surface area contributed by atoms with Crippen LogP contribution in [0.25, 0.3) is 0 Å². The lowest BCUT2D eigenvalue weighted by atomic mass is 9.77. The van der Waals surface area contributed by atoms with Crippen LogP contribution in [0.15, 0.2) is 48.5 Å². The molecule has 0 bridgehead atoms. The summed E-state index contributed by atoms with van der Waals surface area (Å²) in [5.74, 6) is 0.964. The first-order valence-electron chi connectivity index (χ1n) is 6.82. The second-order valence-corrected chi connectivity index (χ2v) is 5.38. The van der Waals surface area contributed by atoms with Gasteiger partial charge in [0.05, 0.1) is 7.11 Å². The molecule has 0 aliphatic rings. The monoisotopic (exact) mass is 254 g/mol. The predicted molar refractivity (Wildman–Crippen MR) is 80.9 cm³/mol. The molecule has 19 heavy (non-hydrogen) atoms. The van der Waals surface area contributed by atoms with Crippen LogP contribution >= 0.6 is 0 Å². The van der Waals surface area contributed by atoms with E-state index < -0.39 is 0 Å². The zero-order chi connectivity index (χ0) is 13.9. The van der Waals surface area contributed by atoms with Crippen LogP contribution < -0.4 is 4.74 Å². The van der Waals surface area contributed by atoms with Crippen LogP contribution in [-0.2, 0) is 11.8 Å². The van der Waals surface area contributed by atoms with Gasteiger partial charge in [0.1, 0.15) is 5.75 Å². The molecule has 0 fully saturated rings. The summed E-state index contributed by atoms with van der Waals surface area (Å²) in [6.07, 6.45) is 1.04. The molecule has 100 valence electrons. The molecule has 2 aromatic carbocycles. The molecule has 0 heterocycles. The Balaban J connectivity index is 2.56. The lowest BCUT2D eigenvalue weighted by Gasteiger charge is -2.28. The predicted octanol–water partition coefficient (Wildman–Crippen LogP) is 4.58. The molecule has 0 aromatic heterocycles. The Morgan fingerprint density at radius 3 is 2.26 bits per heavy atom. The van der Waals surface area contributed by atoms with Gasteiger partial charge in [0.15, 0.2) is 0 Å². The highest BCUT2D eigenvalue weighted by Gasteiger charge is 2.26. The molecule has 2 rings (SSSR count). The maximum atomic E-state index is 5.55. The largest absolute Gasteiger partial charge is 0.496 e. The van der Waals surface area contributed by atoms with Gasteiger partial charge in [0, 0.05) is 11.0 Å². The van der Waals surface area contributed by atoms with E-state index >= 15 is 0 Å². The molecular weight excluding hydrogens is 232 g/mol. The maximum Gasteiger partial charge on any atom is 0.122 e. The lowest BCUT2D eigenvalue weighted by Crippen LogP contribution is -2.20. The van der Waals surface area contributed by atoms with Crippen LogP contribution in [0, 0.1) is 0 Å². The van der Waals surface area contributed by atoms with Gasteiger partial charge in [-0.05, 0) is 23.6 Å². The van der Waals surface area contributed by atoms with Crippen molar-refractivity contribution in [1.29, 1.82) is 0 Å². The van der Waals surface area contributed by atoms with Gasteiger partial charge in [-0.25, -0.2) is 0 Å². The molecule has 0 saturated heterocycles. The summed E-state index contributed by atoms with van der Waals surface area (Å²) >= 11 is 0. The molecule has 0 spiro atoms. The first-order chi connectivity index (χ1) is 9.09. The van der Waals surface area contributed by atoms with Gasteiger partial charge < -0.3 is 4.74 Å². The number of hydrogen-bond acceptors (Lipinski definition) is 1. The Morgan fingerprint density at radius 1 is 1.00 bits per heavy atom. The van der Waals surface area contributed by atoms with E-state index in [1.165, 1.54) is 16.7 Å². The molecule has 0 aliphatic carbocycles. The molecule has 0 unspecified atom stereocenters. The summed E-state index contributed by atoms with van der Waals surface area (Å²) in [6.45, 7) is 6.68.